The molecule has 0 aliphatic carbocycles. The first-order chi connectivity index (χ1) is 12.6. The van der Waals surface area contributed by atoms with Gasteiger partial charge in [-0.15, -0.1) is 0 Å². The Kier molecular flexibility index (Phi) is 6.72. The third-order valence-corrected chi connectivity index (χ3v) is 5.78. The van der Waals surface area contributed by atoms with Crippen molar-refractivity contribution in [1.82, 2.24) is 9.88 Å². The van der Waals surface area contributed by atoms with Crippen LogP contribution in [-0.2, 0) is 9.47 Å². The number of hydrogen-bond donors (Lipinski definition) is 1. The molecule has 0 radical (unpaired) electrons. The summed E-state index contributed by atoms with van der Waals surface area (Å²) in [6.07, 6.45) is 0. The van der Waals surface area contributed by atoms with Crippen molar-refractivity contribution in [1.29, 1.82) is 0 Å². The molecule has 1 fully saturated rings. The van der Waals surface area contributed by atoms with Gasteiger partial charge in [-0.25, -0.2) is 9.78 Å². The normalized spacial score (nSPS) is 16.3. The zero-order chi connectivity index (χ0) is 18.5. The lowest BCUT2D eigenvalue weighted by atomic mass is 10.0. The van der Waals surface area contributed by atoms with Gasteiger partial charge in [0.05, 0.1) is 26.4 Å². The molecule has 0 spiro atoms. The van der Waals surface area contributed by atoms with Crippen LogP contribution in [0.5, 0.6) is 0 Å². The van der Waals surface area contributed by atoms with Crippen molar-refractivity contribution in [2.75, 3.05) is 45.3 Å². The highest BCUT2D eigenvalue weighted by molar-refractivity contribution is 7.18. The number of halogens is 2. The van der Waals surface area contributed by atoms with Crippen LogP contribution in [0.3, 0.4) is 0 Å². The molecule has 1 aliphatic heterocycles. The number of nitrogens with one attached hydrogen (secondary N) is 1. The molecule has 1 aromatic carbocycles. The summed E-state index contributed by atoms with van der Waals surface area (Å²) in [6, 6.07) is 7.96. The quantitative estimate of drug-likeness (QED) is 0.725. The first kappa shape index (κ1) is 19.4. The highest BCUT2D eigenvalue weighted by Gasteiger charge is 2.24. The lowest BCUT2D eigenvalue weighted by Crippen LogP contribution is -2.41. The number of carbonyl (C=O) groups excluding carboxylic acids is 1. The van der Waals surface area contributed by atoms with Gasteiger partial charge < -0.3 is 14.8 Å². The Morgan fingerprint density at radius 2 is 2.04 bits per heavy atom. The van der Waals surface area contributed by atoms with Gasteiger partial charge in [-0.05, 0) is 17.7 Å². The maximum Gasteiger partial charge on any atom is 0.351 e. The van der Waals surface area contributed by atoms with E-state index in [1.54, 1.807) is 0 Å². The first-order valence-electron chi connectivity index (χ1n) is 8.14. The zero-order valence-corrected chi connectivity index (χ0v) is 16.5. The Morgan fingerprint density at radius 3 is 2.69 bits per heavy atom. The van der Waals surface area contributed by atoms with Gasteiger partial charge in [-0.2, -0.15) is 0 Å². The summed E-state index contributed by atoms with van der Waals surface area (Å²) in [7, 11) is 1.32. The molecule has 0 bridgehead atoms. The minimum absolute atomic E-state index is 0.125. The number of carbonyl (C=O) groups is 1. The number of rotatable bonds is 6. The van der Waals surface area contributed by atoms with Gasteiger partial charge in [-0.3, -0.25) is 4.90 Å². The molecular formula is C17H19Cl2N3O3S. The summed E-state index contributed by atoms with van der Waals surface area (Å²) >= 11 is 13.2. The van der Waals surface area contributed by atoms with Gasteiger partial charge >= 0.3 is 5.97 Å². The summed E-state index contributed by atoms with van der Waals surface area (Å²) in [5.74, 6) is -0.483. The molecule has 140 valence electrons. The van der Waals surface area contributed by atoms with E-state index in [9.17, 15) is 4.79 Å². The minimum Gasteiger partial charge on any atom is -0.465 e. The van der Waals surface area contributed by atoms with Gasteiger partial charge in [0.25, 0.3) is 0 Å². The van der Waals surface area contributed by atoms with Crippen molar-refractivity contribution in [3.63, 3.8) is 0 Å². The summed E-state index contributed by atoms with van der Waals surface area (Å²) in [5, 5.41) is 4.74. The molecule has 2 aromatic rings. The van der Waals surface area contributed by atoms with Crippen molar-refractivity contribution in [3.8, 4) is 0 Å². The molecule has 1 aliphatic rings. The summed E-state index contributed by atoms with van der Waals surface area (Å²) in [6.45, 7) is 3.73. The monoisotopic (exact) mass is 415 g/mol. The van der Waals surface area contributed by atoms with E-state index in [0.717, 1.165) is 18.7 Å². The van der Waals surface area contributed by atoms with E-state index in [2.05, 4.69) is 15.2 Å². The Labute approximate surface area is 166 Å². The summed E-state index contributed by atoms with van der Waals surface area (Å²) in [5.41, 5.74) is 1.15. The van der Waals surface area contributed by atoms with Crippen LogP contribution in [0.1, 0.15) is 21.3 Å². The number of thiazole rings is 1. The number of esters is 1. The topological polar surface area (TPSA) is 63.7 Å². The second-order valence-corrected chi connectivity index (χ2v) is 7.52. The zero-order valence-electron chi connectivity index (χ0n) is 14.2. The molecule has 1 saturated heterocycles. The SMILES string of the molecule is COC(=O)c1sc(NCC(c2ccc(Cl)cc2)N2CCOCC2)nc1Cl. The number of nitrogens with zero attached hydrogens (tertiary/aromatic N) is 2. The van der Waals surface area contributed by atoms with E-state index in [1.807, 2.05) is 24.3 Å². The second kappa shape index (κ2) is 9.01. The number of benzene rings is 1. The largest absolute Gasteiger partial charge is 0.465 e. The molecule has 3 rings (SSSR count). The van der Waals surface area contributed by atoms with Gasteiger partial charge in [-0.1, -0.05) is 46.7 Å². The maximum absolute atomic E-state index is 11.7. The van der Waals surface area contributed by atoms with Gasteiger partial charge in [0.2, 0.25) is 0 Å². The average Bonchev–Trinajstić information content (AvgIpc) is 3.04. The Hall–Kier alpha value is -1.38. The first-order valence-corrected chi connectivity index (χ1v) is 9.71. The van der Waals surface area contributed by atoms with E-state index < -0.39 is 5.97 Å². The standard InChI is InChI=1S/C17H19Cl2N3O3S/c1-24-16(23)14-15(19)21-17(26-14)20-10-13(22-6-8-25-9-7-22)11-2-4-12(18)5-3-11/h2-5,13H,6-10H2,1H3,(H,20,21). The van der Waals surface area contributed by atoms with E-state index in [-0.39, 0.29) is 11.2 Å². The van der Waals surface area contributed by atoms with Crippen molar-refractivity contribution in [2.24, 2.45) is 0 Å². The molecule has 1 N–H and O–H groups in total. The van der Waals surface area contributed by atoms with Crippen LogP contribution in [0.2, 0.25) is 10.2 Å². The van der Waals surface area contributed by atoms with E-state index >= 15 is 0 Å². The van der Waals surface area contributed by atoms with Crippen LogP contribution in [0.25, 0.3) is 0 Å². The Bertz CT molecular complexity index is 748. The van der Waals surface area contributed by atoms with Gasteiger partial charge in [0.1, 0.15) is 0 Å². The van der Waals surface area contributed by atoms with Crippen LogP contribution >= 0.6 is 34.5 Å². The predicted octanol–water partition coefficient (Wildman–Crippen LogP) is 3.72. The molecule has 2 heterocycles. The van der Waals surface area contributed by atoms with E-state index in [0.29, 0.717) is 34.8 Å². The van der Waals surface area contributed by atoms with E-state index in [4.69, 9.17) is 32.7 Å². The highest BCUT2D eigenvalue weighted by atomic mass is 35.5. The third-order valence-electron chi connectivity index (χ3n) is 4.14. The van der Waals surface area contributed by atoms with Crippen molar-refractivity contribution >= 4 is 45.6 Å². The number of methoxy groups -OCH3 is 1. The lowest BCUT2D eigenvalue weighted by Gasteiger charge is -2.35. The number of aromatic nitrogens is 1. The van der Waals surface area contributed by atoms with Crippen LogP contribution in [0.15, 0.2) is 24.3 Å². The molecule has 0 saturated carbocycles. The number of morpholine rings is 1. The second-order valence-electron chi connectivity index (χ2n) is 5.73. The van der Waals surface area contributed by atoms with Crippen LogP contribution < -0.4 is 5.32 Å². The van der Waals surface area contributed by atoms with Gasteiger partial charge in [0.15, 0.2) is 15.2 Å². The smallest absolute Gasteiger partial charge is 0.351 e. The number of ether oxygens (including phenoxy) is 2. The van der Waals surface area contributed by atoms with Crippen LogP contribution in [0, 0.1) is 0 Å². The van der Waals surface area contributed by atoms with Crippen LogP contribution in [-0.4, -0.2) is 55.8 Å². The van der Waals surface area contributed by atoms with Crippen molar-refractivity contribution < 1.29 is 14.3 Å². The summed E-state index contributed by atoms with van der Waals surface area (Å²) < 4.78 is 10.2. The third kappa shape index (κ3) is 4.66. The molecule has 0 amide bonds. The highest BCUT2D eigenvalue weighted by Crippen LogP contribution is 2.29. The molecular weight excluding hydrogens is 397 g/mol. The molecule has 26 heavy (non-hydrogen) atoms. The van der Waals surface area contributed by atoms with Crippen LogP contribution in [0.4, 0.5) is 5.13 Å². The molecule has 1 atom stereocenters. The Balaban J connectivity index is 1.75. The van der Waals surface area contributed by atoms with Gasteiger partial charge in [0, 0.05) is 24.7 Å². The van der Waals surface area contributed by atoms with Crippen molar-refractivity contribution in [3.05, 3.63) is 44.9 Å². The lowest BCUT2D eigenvalue weighted by molar-refractivity contribution is 0.0187. The predicted molar refractivity (Wildman–Crippen MR) is 104 cm³/mol. The summed E-state index contributed by atoms with van der Waals surface area (Å²) in [4.78, 5) is 18.6. The fraction of sp³-hybridized carbons (Fsp3) is 0.412. The Morgan fingerprint density at radius 1 is 1.35 bits per heavy atom. The molecule has 6 nitrogen and oxygen atoms in total. The number of hydrogen-bond acceptors (Lipinski definition) is 7. The average molecular weight is 416 g/mol. The fourth-order valence-corrected chi connectivity index (χ4v) is 4.05. The fourth-order valence-electron chi connectivity index (χ4n) is 2.81. The minimum atomic E-state index is -0.483. The maximum atomic E-state index is 11.7. The molecule has 1 aromatic heterocycles. The molecule has 1 unspecified atom stereocenters. The molecule has 9 heteroatoms. The van der Waals surface area contributed by atoms with E-state index in [1.165, 1.54) is 18.4 Å². The van der Waals surface area contributed by atoms with Crippen molar-refractivity contribution in [2.45, 2.75) is 6.04 Å². The number of anilines is 1.